The van der Waals surface area contributed by atoms with E-state index in [0.29, 0.717) is 32.1 Å². The standard InChI is InChI=1S/C12H25N3O3S/c1-13-8-11-4-3-6-14(9-11)19(16,17)15-7-5-12(10-15)18-2/h11-13H,3-10H2,1-2H3. The Labute approximate surface area is 116 Å². The quantitative estimate of drug-likeness (QED) is 0.767. The fraction of sp³-hybridized carbons (Fsp3) is 1.00. The van der Waals surface area contributed by atoms with Crippen molar-refractivity contribution in [3.05, 3.63) is 0 Å². The van der Waals surface area contributed by atoms with E-state index in [9.17, 15) is 8.42 Å². The SMILES string of the molecule is CNCC1CCCN(S(=O)(=O)N2CCC(OC)C2)C1. The lowest BCUT2D eigenvalue weighted by molar-refractivity contribution is 0.114. The maximum Gasteiger partial charge on any atom is 0.282 e. The average Bonchev–Trinajstić information content (AvgIpc) is 2.89. The number of methoxy groups -OCH3 is 1. The van der Waals surface area contributed by atoms with E-state index in [1.54, 1.807) is 15.7 Å². The van der Waals surface area contributed by atoms with Crippen molar-refractivity contribution < 1.29 is 13.2 Å². The van der Waals surface area contributed by atoms with E-state index in [0.717, 1.165) is 25.8 Å². The molecule has 2 unspecified atom stereocenters. The lowest BCUT2D eigenvalue weighted by Gasteiger charge is -2.34. The van der Waals surface area contributed by atoms with Crippen LogP contribution in [0, 0.1) is 5.92 Å². The monoisotopic (exact) mass is 291 g/mol. The first-order valence-electron chi connectivity index (χ1n) is 7.00. The Morgan fingerprint density at radius 3 is 2.58 bits per heavy atom. The number of nitrogens with zero attached hydrogens (tertiary/aromatic N) is 2. The average molecular weight is 291 g/mol. The fourth-order valence-electron chi connectivity index (χ4n) is 2.95. The molecule has 2 saturated heterocycles. The van der Waals surface area contributed by atoms with Crippen LogP contribution in [0.2, 0.25) is 0 Å². The summed E-state index contributed by atoms with van der Waals surface area (Å²) in [7, 11) is 0.260. The largest absolute Gasteiger partial charge is 0.380 e. The van der Waals surface area contributed by atoms with E-state index < -0.39 is 10.2 Å². The summed E-state index contributed by atoms with van der Waals surface area (Å²) in [5.74, 6) is 0.425. The first kappa shape index (κ1) is 15.2. The van der Waals surface area contributed by atoms with Gasteiger partial charge in [0.1, 0.15) is 0 Å². The van der Waals surface area contributed by atoms with E-state index in [1.165, 1.54) is 0 Å². The number of rotatable bonds is 5. The Morgan fingerprint density at radius 2 is 1.95 bits per heavy atom. The highest BCUT2D eigenvalue weighted by Gasteiger charge is 2.37. The van der Waals surface area contributed by atoms with Crippen molar-refractivity contribution in [3.63, 3.8) is 0 Å². The Hall–Kier alpha value is -0.210. The van der Waals surface area contributed by atoms with Gasteiger partial charge in [0.05, 0.1) is 6.10 Å². The zero-order valence-corrected chi connectivity index (χ0v) is 12.7. The van der Waals surface area contributed by atoms with Gasteiger partial charge in [-0.15, -0.1) is 0 Å². The van der Waals surface area contributed by atoms with Crippen molar-refractivity contribution in [3.8, 4) is 0 Å². The van der Waals surface area contributed by atoms with Gasteiger partial charge in [0, 0.05) is 33.3 Å². The lowest BCUT2D eigenvalue weighted by Crippen LogP contribution is -2.48. The molecule has 2 fully saturated rings. The summed E-state index contributed by atoms with van der Waals surface area (Å²) in [6.07, 6.45) is 2.90. The van der Waals surface area contributed by atoms with Crippen LogP contribution in [-0.4, -0.2) is 70.0 Å². The van der Waals surface area contributed by atoms with Crippen LogP contribution in [0.5, 0.6) is 0 Å². The second kappa shape index (κ2) is 6.49. The van der Waals surface area contributed by atoms with Crippen LogP contribution in [0.15, 0.2) is 0 Å². The first-order valence-corrected chi connectivity index (χ1v) is 8.40. The van der Waals surface area contributed by atoms with Gasteiger partial charge in [0.25, 0.3) is 10.2 Å². The van der Waals surface area contributed by atoms with Gasteiger partial charge in [-0.2, -0.15) is 17.0 Å². The Balaban J connectivity index is 1.99. The molecule has 1 N–H and O–H groups in total. The molecule has 112 valence electrons. The maximum absolute atomic E-state index is 12.6. The summed E-state index contributed by atoms with van der Waals surface area (Å²) < 4.78 is 33.6. The van der Waals surface area contributed by atoms with Crippen molar-refractivity contribution in [2.24, 2.45) is 5.92 Å². The van der Waals surface area contributed by atoms with Gasteiger partial charge < -0.3 is 10.1 Å². The molecule has 0 aromatic heterocycles. The molecule has 0 spiro atoms. The highest BCUT2D eigenvalue weighted by molar-refractivity contribution is 7.86. The molecule has 2 aliphatic heterocycles. The van der Waals surface area contributed by atoms with Crippen LogP contribution in [0.3, 0.4) is 0 Å². The zero-order chi connectivity index (χ0) is 13.9. The van der Waals surface area contributed by atoms with E-state index in [-0.39, 0.29) is 6.10 Å². The molecule has 2 atom stereocenters. The summed E-state index contributed by atoms with van der Waals surface area (Å²) in [6.45, 7) is 3.24. The van der Waals surface area contributed by atoms with E-state index in [1.807, 2.05) is 7.05 Å². The van der Waals surface area contributed by atoms with Crippen molar-refractivity contribution >= 4 is 10.2 Å². The molecule has 2 heterocycles. The second-order valence-corrected chi connectivity index (χ2v) is 7.36. The van der Waals surface area contributed by atoms with Gasteiger partial charge in [0.15, 0.2) is 0 Å². The summed E-state index contributed by atoms with van der Waals surface area (Å²) >= 11 is 0. The second-order valence-electron chi connectivity index (χ2n) is 5.44. The molecule has 7 heteroatoms. The Kier molecular flexibility index (Phi) is 5.19. The molecule has 0 bridgehead atoms. The highest BCUT2D eigenvalue weighted by Crippen LogP contribution is 2.24. The van der Waals surface area contributed by atoms with Gasteiger partial charge in [0.2, 0.25) is 0 Å². The lowest BCUT2D eigenvalue weighted by atomic mass is 10.00. The molecule has 0 radical (unpaired) electrons. The first-order chi connectivity index (χ1) is 9.07. The van der Waals surface area contributed by atoms with Crippen LogP contribution < -0.4 is 5.32 Å². The van der Waals surface area contributed by atoms with Crippen molar-refractivity contribution in [1.29, 1.82) is 0 Å². The fourth-order valence-corrected chi connectivity index (χ4v) is 4.73. The van der Waals surface area contributed by atoms with Crippen molar-refractivity contribution in [2.75, 3.05) is 46.9 Å². The minimum Gasteiger partial charge on any atom is -0.380 e. The van der Waals surface area contributed by atoms with Gasteiger partial charge in [-0.25, -0.2) is 0 Å². The van der Waals surface area contributed by atoms with E-state index >= 15 is 0 Å². The molecule has 0 aliphatic carbocycles. The molecular formula is C12H25N3O3S. The normalized spacial score (nSPS) is 30.8. The molecule has 2 rings (SSSR count). The summed E-state index contributed by atoms with van der Waals surface area (Å²) in [5.41, 5.74) is 0. The van der Waals surface area contributed by atoms with Gasteiger partial charge >= 0.3 is 0 Å². The van der Waals surface area contributed by atoms with Gasteiger partial charge in [-0.05, 0) is 38.8 Å². The number of hydrogen-bond donors (Lipinski definition) is 1. The molecule has 0 aromatic rings. The predicted molar refractivity (Wildman–Crippen MR) is 74.1 cm³/mol. The topological polar surface area (TPSA) is 61.9 Å². The van der Waals surface area contributed by atoms with Crippen molar-refractivity contribution in [2.45, 2.75) is 25.4 Å². The molecule has 0 amide bonds. The number of piperidine rings is 1. The zero-order valence-electron chi connectivity index (χ0n) is 11.8. The van der Waals surface area contributed by atoms with Crippen LogP contribution in [0.1, 0.15) is 19.3 Å². The Morgan fingerprint density at radius 1 is 1.21 bits per heavy atom. The summed E-state index contributed by atoms with van der Waals surface area (Å²) in [5, 5.41) is 3.14. The maximum atomic E-state index is 12.6. The predicted octanol–water partition coefficient (Wildman–Crippen LogP) is -0.117. The van der Waals surface area contributed by atoms with Gasteiger partial charge in [-0.3, -0.25) is 0 Å². The molecule has 6 nitrogen and oxygen atoms in total. The Bertz CT molecular complexity index is 386. The molecule has 19 heavy (non-hydrogen) atoms. The summed E-state index contributed by atoms with van der Waals surface area (Å²) in [4.78, 5) is 0. The number of ether oxygens (including phenoxy) is 1. The van der Waals surface area contributed by atoms with Crippen LogP contribution in [0.25, 0.3) is 0 Å². The third-order valence-corrected chi connectivity index (χ3v) is 6.04. The van der Waals surface area contributed by atoms with Crippen LogP contribution in [-0.2, 0) is 14.9 Å². The molecular weight excluding hydrogens is 266 g/mol. The molecule has 0 aromatic carbocycles. The number of nitrogens with one attached hydrogen (secondary N) is 1. The van der Waals surface area contributed by atoms with E-state index in [2.05, 4.69) is 5.32 Å². The molecule has 0 saturated carbocycles. The van der Waals surface area contributed by atoms with Gasteiger partial charge in [-0.1, -0.05) is 0 Å². The third kappa shape index (κ3) is 3.46. The number of hydrogen-bond acceptors (Lipinski definition) is 4. The highest BCUT2D eigenvalue weighted by atomic mass is 32.2. The smallest absolute Gasteiger partial charge is 0.282 e. The third-order valence-electron chi connectivity index (χ3n) is 4.07. The minimum absolute atomic E-state index is 0.0488. The van der Waals surface area contributed by atoms with Crippen molar-refractivity contribution in [1.82, 2.24) is 13.9 Å². The minimum atomic E-state index is -3.30. The van der Waals surface area contributed by atoms with E-state index in [4.69, 9.17) is 4.74 Å². The van der Waals surface area contributed by atoms with Crippen LogP contribution in [0.4, 0.5) is 0 Å². The van der Waals surface area contributed by atoms with Crippen LogP contribution >= 0.6 is 0 Å². The summed E-state index contributed by atoms with van der Waals surface area (Å²) in [6, 6.07) is 0. The molecule has 2 aliphatic rings.